The SMILES string of the molecule is C(=C\c1ccc2cc(-c3ccc4c(-c5ccccc5)c(-c5ccccc5)c5ccccc5c4c3)ccc2c1)/c1ccc2c(c1)C1(CCCCC1)c1cc(N(c3ccccc3)c3ccccc3)ccc1-2. The maximum atomic E-state index is 2.52. The second-order valence-electron chi connectivity index (χ2n) is 19.1. The smallest absolute Gasteiger partial charge is 0.0465 e. The maximum Gasteiger partial charge on any atom is 0.0465 e. The fourth-order valence-corrected chi connectivity index (χ4v) is 12.0. The fourth-order valence-electron chi connectivity index (χ4n) is 12.0. The van der Waals surface area contributed by atoms with Gasteiger partial charge in [0, 0.05) is 22.5 Å². The van der Waals surface area contributed by atoms with Crippen LogP contribution in [0.4, 0.5) is 17.1 Å². The van der Waals surface area contributed by atoms with Gasteiger partial charge in [-0.1, -0.05) is 213 Å². The molecule has 1 fully saturated rings. The number of para-hydroxylation sites is 2. The number of hydrogen-bond donors (Lipinski definition) is 0. The highest BCUT2D eigenvalue weighted by Gasteiger charge is 2.44. The van der Waals surface area contributed by atoms with E-state index in [1.807, 2.05) is 0 Å². The van der Waals surface area contributed by atoms with E-state index in [9.17, 15) is 0 Å². The lowest BCUT2D eigenvalue weighted by Gasteiger charge is -2.37. The molecule has 0 amide bonds. The molecule has 0 saturated heterocycles. The zero-order chi connectivity index (χ0) is 45.7. The molecule has 1 saturated carbocycles. The van der Waals surface area contributed by atoms with Crippen LogP contribution in [0.5, 0.6) is 0 Å². The summed E-state index contributed by atoms with van der Waals surface area (Å²) in [5.41, 5.74) is 19.3. The molecule has 11 aromatic carbocycles. The first-order chi connectivity index (χ1) is 34.2. The highest BCUT2D eigenvalue weighted by molar-refractivity contribution is 6.22. The van der Waals surface area contributed by atoms with Crippen molar-refractivity contribution in [1.82, 2.24) is 0 Å². The summed E-state index contributed by atoms with van der Waals surface area (Å²) in [6, 6.07) is 87.6. The second-order valence-corrected chi connectivity index (χ2v) is 19.1. The Morgan fingerprint density at radius 1 is 0.319 bits per heavy atom. The average Bonchev–Trinajstić information content (AvgIpc) is 3.67. The molecular weight excluding hydrogens is 831 g/mol. The third kappa shape index (κ3) is 7.16. The van der Waals surface area contributed by atoms with Gasteiger partial charge in [-0.3, -0.25) is 0 Å². The van der Waals surface area contributed by atoms with E-state index < -0.39 is 0 Å². The lowest BCUT2D eigenvalue weighted by molar-refractivity contribution is 0.353. The maximum absolute atomic E-state index is 2.52. The first-order valence-corrected chi connectivity index (χ1v) is 24.7. The molecule has 328 valence electrons. The predicted octanol–water partition coefficient (Wildman–Crippen LogP) is 19.0. The van der Waals surface area contributed by atoms with Gasteiger partial charge in [0.25, 0.3) is 0 Å². The number of nitrogens with zero attached hydrogens (tertiary/aromatic N) is 1. The molecule has 69 heavy (non-hydrogen) atoms. The van der Waals surface area contributed by atoms with Crippen LogP contribution < -0.4 is 4.90 Å². The first-order valence-electron chi connectivity index (χ1n) is 24.7. The molecule has 0 radical (unpaired) electrons. The third-order valence-corrected chi connectivity index (χ3v) is 15.2. The molecule has 0 aliphatic heterocycles. The van der Waals surface area contributed by atoms with Gasteiger partial charge >= 0.3 is 0 Å². The Hall–Kier alpha value is -8.26. The summed E-state index contributed by atoms with van der Waals surface area (Å²) >= 11 is 0. The number of anilines is 3. The van der Waals surface area contributed by atoms with Crippen LogP contribution in [0, 0.1) is 0 Å². The van der Waals surface area contributed by atoms with Crippen molar-refractivity contribution in [1.29, 1.82) is 0 Å². The monoisotopic (exact) mass is 881 g/mol. The van der Waals surface area contributed by atoms with Crippen LogP contribution in [0.2, 0.25) is 0 Å². The Kier molecular flexibility index (Phi) is 10.2. The zero-order valence-corrected chi connectivity index (χ0v) is 38.7. The van der Waals surface area contributed by atoms with Gasteiger partial charge in [-0.2, -0.15) is 0 Å². The number of fused-ring (bicyclic) bond motifs is 9. The lowest BCUT2D eigenvalue weighted by atomic mass is 9.67. The van der Waals surface area contributed by atoms with Crippen molar-refractivity contribution >= 4 is 61.5 Å². The Labute approximate surface area is 405 Å². The van der Waals surface area contributed by atoms with Gasteiger partial charge in [-0.25, -0.2) is 0 Å². The van der Waals surface area contributed by atoms with E-state index >= 15 is 0 Å². The van der Waals surface area contributed by atoms with Crippen LogP contribution >= 0.6 is 0 Å². The Morgan fingerprint density at radius 2 is 0.812 bits per heavy atom. The summed E-state index contributed by atoms with van der Waals surface area (Å²) in [6.45, 7) is 0. The van der Waals surface area contributed by atoms with Gasteiger partial charge in [0.15, 0.2) is 0 Å². The molecule has 0 heterocycles. The normalized spacial score (nSPS) is 13.9. The van der Waals surface area contributed by atoms with Crippen molar-refractivity contribution in [3.05, 3.63) is 259 Å². The first kappa shape index (κ1) is 41.0. The van der Waals surface area contributed by atoms with E-state index in [1.54, 1.807) is 0 Å². The van der Waals surface area contributed by atoms with Crippen LogP contribution in [-0.2, 0) is 5.41 Å². The molecule has 0 atom stereocenters. The molecule has 1 heteroatoms. The predicted molar refractivity (Wildman–Crippen MR) is 295 cm³/mol. The number of hydrogen-bond acceptors (Lipinski definition) is 1. The summed E-state index contributed by atoms with van der Waals surface area (Å²) < 4.78 is 0. The van der Waals surface area contributed by atoms with Crippen molar-refractivity contribution in [2.24, 2.45) is 0 Å². The van der Waals surface area contributed by atoms with E-state index in [2.05, 4.69) is 254 Å². The van der Waals surface area contributed by atoms with Crippen LogP contribution in [0.3, 0.4) is 0 Å². The molecular formula is C68H51N. The topological polar surface area (TPSA) is 3.24 Å². The van der Waals surface area contributed by atoms with Gasteiger partial charge < -0.3 is 4.90 Å². The molecule has 1 nitrogen and oxygen atoms in total. The third-order valence-electron chi connectivity index (χ3n) is 15.2. The molecule has 11 aromatic rings. The lowest BCUT2D eigenvalue weighted by Crippen LogP contribution is -2.28. The van der Waals surface area contributed by atoms with Gasteiger partial charge in [-0.15, -0.1) is 0 Å². The average molecular weight is 882 g/mol. The van der Waals surface area contributed by atoms with Crippen LogP contribution in [0.25, 0.3) is 89.0 Å². The van der Waals surface area contributed by atoms with E-state index in [0.717, 1.165) is 0 Å². The van der Waals surface area contributed by atoms with Crippen LogP contribution in [-0.4, -0.2) is 0 Å². The minimum Gasteiger partial charge on any atom is -0.310 e. The molecule has 0 unspecified atom stereocenters. The van der Waals surface area contributed by atoms with Crippen molar-refractivity contribution in [2.75, 3.05) is 4.90 Å². The van der Waals surface area contributed by atoms with Crippen molar-refractivity contribution in [3.8, 4) is 44.5 Å². The highest BCUT2D eigenvalue weighted by Crippen LogP contribution is 2.57. The van der Waals surface area contributed by atoms with Gasteiger partial charge in [0.1, 0.15) is 0 Å². The summed E-state index contributed by atoms with van der Waals surface area (Å²) in [5, 5.41) is 7.57. The minimum absolute atomic E-state index is 0.0237. The van der Waals surface area contributed by atoms with E-state index in [1.165, 1.54) is 148 Å². The fraction of sp³-hybridized carbons (Fsp3) is 0.0882. The summed E-state index contributed by atoms with van der Waals surface area (Å²) in [7, 11) is 0. The van der Waals surface area contributed by atoms with Gasteiger partial charge in [0.05, 0.1) is 0 Å². The van der Waals surface area contributed by atoms with Crippen LogP contribution in [0.1, 0.15) is 54.4 Å². The molecule has 2 aliphatic carbocycles. The molecule has 13 rings (SSSR count). The second kappa shape index (κ2) is 17.1. The molecule has 0 bridgehead atoms. The van der Waals surface area contributed by atoms with Gasteiger partial charge in [-0.05, 0) is 167 Å². The Bertz CT molecular complexity index is 3690. The number of rotatable bonds is 8. The van der Waals surface area contributed by atoms with Crippen molar-refractivity contribution in [3.63, 3.8) is 0 Å². The van der Waals surface area contributed by atoms with Crippen LogP contribution in [0.15, 0.2) is 237 Å². The molecule has 0 N–H and O–H groups in total. The van der Waals surface area contributed by atoms with Gasteiger partial charge in [0.2, 0.25) is 0 Å². The quantitative estimate of drug-likeness (QED) is 0.109. The van der Waals surface area contributed by atoms with Crippen molar-refractivity contribution in [2.45, 2.75) is 37.5 Å². The Balaban J connectivity index is 0.824. The van der Waals surface area contributed by atoms with E-state index in [0.29, 0.717) is 0 Å². The zero-order valence-electron chi connectivity index (χ0n) is 38.7. The van der Waals surface area contributed by atoms with E-state index in [-0.39, 0.29) is 5.41 Å². The standard InChI is InChI=1S/C68H51N/c1-6-18-49(19-7-1)66-61-27-15-14-26-58(61)63-45-54(35-38-62(63)67(66)50-20-8-2-9-21-50)53-34-33-51-42-47(30-32-52(51)44-53)28-29-48-31-37-59-60-39-36-57(46-65(60)68(64(59)43-48)40-16-5-17-41-68)69(55-22-10-3-11-23-55)56-24-12-4-13-25-56/h1-4,6-15,18-39,42-46H,5,16-17,40-41H2/b29-28+. The number of benzene rings is 11. The largest absolute Gasteiger partial charge is 0.310 e. The molecule has 1 spiro atoms. The minimum atomic E-state index is 0.0237. The summed E-state index contributed by atoms with van der Waals surface area (Å²) in [5.74, 6) is 0. The molecule has 2 aliphatic rings. The molecule has 0 aromatic heterocycles. The van der Waals surface area contributed by atoms with Crippen molar-refractivity contribution < 1.29 is 0 Å². The highest BCUT2D eigenvalue weighted by atomic mass is 15.1. The summed E-state index contributed by atoms with van der Waals surface area (Å²) in [4.78, 5) is 2.41. The Morgan fingerprint density at radius 3 is 1.48 bits per heavy atom. The van der Waals surface area contributed by atoms with E-state index in [4.69, 9.17) is 0 Å². The summed E-state index contributed by atoms with van der Waals surface area (Å²) in [6.07, 6.45) is 10.8.